The molecule has 2 aromatic rings. The van der Waals surface area contributed by atoms with Gasteiger partial charge in [-0.05, 0) is 20.8 Å². The molecule has 0 aliphatic carbocycles. The molecule has 0 amide bonds. The summed E-state index contributed by atoms with van der Waals surface area (Å²) < 4.78 is 0. The van der Waals surface area contributed by atoms with E-state index in [4.69, 9.17) is 4.98 Å². The van der Waals surface area contributed by atoms with E-state index in [0.717, 1.165) is 50.7 Å². The Morgan fingerprint density at radius 1 is 1.04 bits per heavy atom. The minimum Gasteiger partial charge on any atom is -0.340 e. The number of aromatic amines is 1. The number of H-pyrrole nitrogens is 1. The quantitative estimate of drug-likeness (QED) is 0.883. The van der Waals surface area contributed by atoms with E-state index >= 15 is 0 Å². The first-order valence-corrected chi connectivity index (χ1v) is 9.36. The van der Waals surface area contributed by atoms with Crippen molar-refractivity contribution in [1.29, 1.82) is 0 Å². The van der Waals surface area contributed by atoms with Crippen LogP contribution in [0.4, 0.5) is 0 Å². The molecule has 2 aliphatic rings. The monoisotopic (exact) mass is 339 g/mol. The lowest BCUT2D eigenvalue weighted by Crippen LogP contribution is -2.55. The molecular weight excluding hydrogens is 310 g/mol. The smallest absolute Gasteiger partial charge is 0.137 e. The molecule has 1 aromatic heterocycles. The topological polar surface area (TPSA) is 47.2 Å². The summed E-state index contributed by atoms with van der Waals surface area (Å²) in [7, 11) is 0. The van der Waals surface area contributed by atoms with Crippen molar-refractivity contribution in [1.82, 2.24) is 25.1 Å². The van der Waals surface area contributed by atoms with Crippen LogP contribution >= 0.6 is 0 Å². The molecule has 1 saturated heterocycles. The standard InChI is InChI=1S/C20H29N5/c1-20(2,3)25-11-9-24(10-12-25)17-14-21-13-16-18(17)23-19(22-16)15-7-5-4-6-8-15/h4-8,17,21H,9-14H2,1-3H3,(H,22,23). The predicted octanol–water partition coefficient (Wildman–Crippen LogP) is 2.64. The molecule has 1 fully saturated rings. The summed E-state index contributed by atoms with van der Waals surface area (Å²) in [6.45, 7) is 13.3. The molecule has 0 saturated carbocycles. The maximum absolute atomic E-state index is 4.99. The predicted molar refractivity (Wildman–Crippen MR) is 101 cm³/mol. The van der Waals surface area contributed by atoms with Crippen molar-refractivity contribution in [3.8, 4) is 11.4 Å². The molecule has 25 heavy (non-hydrogen) atoms. The Bertz CT molecular complexity index is 707. The average Bonchev–Trinajstić information content (AvgIpc) is 3.06. The molecule has 5 nitrogen and oxygen atoms in total. The van der Waals surface area contributed by atoms with Crippen LogP contribution in [-0.4, -0.2) is 58.0 Å². The van der Waals surface area contributed by atoms with E-state index in [0.29, 0.717) is 6.04 Å². The Kier molecular flexibility index (Phi) is 4.40. The number of benzene rings is 1. The molecule has 0 spiro atoms. The highest BCUT2D eigenvalue weighted by Gasteiger charge is 2.33. The Morgan fingerprint density at radius 2 is 1.76 bits per heavy atom. The van der Waals surface area contributed by atoms with Gasteiger partial charge in [0.05, 0.1) is 17.4 Å². The average molecular weight is 339 g/mol. The number of nitrogens with zero attached hydrogens (tertiary/aromatic N) is 3. The van der Waals surface area contributed by atoms with Gasteiger partial charge in [-0.1, -0.05) is 30.3 Å². The van der Waals surface area contributed by atoms with E-state index in [1.165, 1.54) is 11.4 Å². The van der Waals surface area contributed by atoms with E-state index in [-0.39, 0.29) is 5.54 Å². The van der Waals surface area contributed by atoms with Gasteiger partial charge in [0.1, 0.15) is 5.82 Å². The first-order chi connectivity index (χ1) is 12.0. The number of nitrogens with one attached hydrogen (secondary N) is 2. The molecule has 0 bridgehead atoms. The highest BCUT2D eigenvalue weighted by atomic mass is 15.3. The van der Waals surface area contributed by atoms with Gasteiger partial charge in [-0.3, -0.25) is 9.80 Å². The lowest BCUT2D eigenvalue weighted by molar-refractivity contribution is 0.0390. The number of hydrogen-bond acceptors (Lipinski definition) is 4. The van der Waals surface area contributed by atoms with Crippen molar-refractivity contribution >= 4 is 0 Å². The summed E-state index contributed by atoms with van der Waals surface area (Å²) in [5.74, 6) is 0.993. The van der Waals surface area contributed by atoms with Gasteiger partial charge in [0.25, 0.3) is 0 Å². The maximum atomic E-state index is 4.99. The van der Waals surface area contributed by atoms with Gasteiger partial charge in [-0.25, -0.2) is 4.98 Å². The molecule has 1 atom stereocenters. The van der Waals surface area contributed by atoms with E-state index in [2.05, 4.69) is 65.1 Å². The normalized spacial score (nSPS) is 22.8. The molecular formula is C20H29N5. The number of imidazole rings is 1. The molecule has 2 N–H and O–H groups in total. The van der Waals surface area contributed by atoms with Gasteiger partial charge in [-0.15, -0.1) is 0 Å². The summed E-state index contributed by atoms with van der Waals surface area (Å²) in [4.78, 5) is 13.7. The largest absolute Gasteiger partial charge is 0.340 e. The summed E-state index contributed by atoms with van der Waals surface area (Å²) in [6, 6.07) is 10.8. The fraction of sp³-hybridized carbons (Fsp3) is 0.550. The molecule has 5 heteroatoms. The highest BCUT2D eigenvalue weighted by Crippen LogP contribution is 2.30. The highest BCUT2D eigenvalue weighted by molar-refractivity contribution is 5.56. The van der Waals surface area contributed by atoms with Crippen LogP contribution in [-0.2, 0) is 6.54 Å². The molecule has 1 aromatic carbocycles. The minimum atomic E-state index is 0.259. The van der Waals surface area contributed by atoms with Gasteiger partial charge < -0.3 is 10.3 Å². The zero-order chi connectivity index (χ0) is 17.4. The van der Waals surface area contributed by atoms with Crippen LogP contribution in [0.2, 0.25) is 0 Å². The Balaban J connectivity index is 1.54. The molecule has 4 rings (SSSR count). The van der Waals surface area contributed by atoms with Crippen LogP contribution in [0, 0.1) is 0 Å². The van der Waals surface area contributed by atoms with Gasteiger partial charge in [0, 0.05) is 50.4 Å². The lowest BCUT2D eigenvalue weighted by Gasteiger charge is -2.45. The minimum absolute atomic E-state index is 0.259. The fourth-order valence-corrected chi connectivity index (χ4v) is 4.00. The van der Waals surface area contributed by atoms with Gasteiger partial charge >= 0.3 is 0 Å². The van der Waals surface area contributed by atoms with E-state index in [1.54, 1.807) is 0 Å². The van der Waals surface area contributed by atoms with E-state index in [1.807, 2.05) is 6.07 Å². The maximum Gasteiger partial charge on any atom is 0.137 e. The van der Waals surface area contributed by atoms with Crippen LogP contribution < -0.4 is 5.32 Å². The lowest BCUT2D eigenvalue weighted by atomic mass is 10.0. The molecule has 3 heterocycles. The van der Waals surface area contributed by atoms with Gasteiger partial charge in [0.2, 0.25) is 0 Å². The Hall–Kier alpha value is -1.69. The zero-order valence-corrected chi connectivity index (χ0v) is 15.5. The third kappa shape index (κ3) is 3.36. The van der Waals surface area contributed by atoms with Crippen molar-refractivity contribution in [2.24, 2.45) is 0 Å². The van der Waals surface area contributed by atoms with Crippen LogP contribution in [0.5, 0.6) is 0 Å². The SMILES string of the molecule is CC(C)(C)N1CCN(C2CNCc3[nH]c(-c4ccccc4)nc32)CC1. The van der Waals surface area contributed by atoms with Crippen molar-refractivity contribution in [2.45, 2.75) is 38.9 Å². The van der Waals surface area contributed by atoms with Crippen molar-refractivity contribution in [3.05, 3.63) is 41.7 Å². The second kappa shape index (κ2) is 6.56. The van der Waals surface area contributed by atoms with Crippen LogP contribution in [0.1, 0.15) is 38.2 Å². The summed E-state index contributed by atoms with van der Waals surface area (Å²) in [6.07, 6.45) is 0. The third-order valence-corrected chi connectivity index (χ3v) is 5.52. The van der Waals surface area contributed by atoms with E-state index in [9.17, 15) is 0 Å². The first-order valence-electron chi connectivity index (χ1n) is 9.36. The second-order valence-corrected chi connectivity index (χ2v) is 8.16. The Labute approximate surface area is 150 Å². The molecule has 0 radical (unpaired) electrons. The van der Waals surface area contributed by atoms with E-state index < -0.39 is 0 Å². The summed E-state index contributed by atoms with van der Waals surface area (Å²) >= 11 is 0. The van der Waals surface area contributed by atoms with Crippen molar-refractivity contribution in [2.75, 3.05) is 32.7 Å². The van der Waals surface area contributed by atoms with Gasteiger partial charge in [-0.2, -0.15) is 0 Å². The Morgan fingerprint density at radius 3 is 2.44 bits per heavy atom. The molecule has 134 valence electrons. The first kappa shape index (κ1) is 16.8. The summed E-state index contributed by atoms with van der Waals surface area (Å²) in [5, 5.41) is 3.57. The molecule has 2 aliphatic heterocycles. The van der Waals surface area contributed by atoms with Crippen LogP contribution in [0.3, 0.4) is 0 Å². The van der Waals surface area contributed by atoms with Crippen molar-refractivity contribution in [3.63, 3.8) is 0 Å². The van der Waals surface area contributed by atoms with Crippen molar-refractivity contribution < 1.29 is 0 Å². The summed E-state index contributed by atoms with van der Waals surface area (Å²) in [5.41, 5.74) is 3.90. The second-order valence-electron chi connectivity index (χ2n) is 8.16. The molecule has 1 unspecified atom stereocenters. The number of hydrogen-bond donors (Lipinski definition) is 2. The number of aromatic nitrogens is 2. The number of fused-ring (bicyclic) bond motifs is 1. The third-order valence-electron chi connectivity index (χ3n) is 5.52. The van der Waals surface area contributed by atoms with Crippen LogP contribution in [0.25, 0.3) is 11.4 Å². The van der Waals surface area contributed by atoms with Crippen LogP contribution in [0.15, 0.2) is 30.3 Å². The zero-order valence-electron chi connectivity index (χ0n) is 15.5. The fourth-order valence-electron chi connectivity index (χ4n) is 4.00. The van der Waals surface area contributed by atoms with Gasteiger partial charge in [0.15, 0.2) is 0 Å². The number of rotatable bonds is 2. The number of piperazine rings is 1.